The lowest BCUT2D eigenvalue weighted by Crippen LogP contribution is -2.48. The molecule has 0 saturated heterocycles. The molecule has 1 aliphatic carbocycles. The van der Waals surface area contributed by atoms with Crippen LogP contribution in [-0.4, -0.2) is 23.7 Å². The lowest BCUT2D eigenvalue weighted by atomic mass is 9.78. The van der Waals surface area contributed by atoms with Gasteiger partial charge in [0.1, 0.15) is 11.9 Å². The molecule has 1 aromatic heterocycles. The molecule has 2 rings (SSSR count). The second-order valence-electron chi connectivity index (χ2n) is 6.18. The van der Waals surface area contributed by atoms with Crippen LogP contribution < -0.4 is 10.6 Å². The first-order valence-electron chi connectivity index (χ1n) is 7.83. The number of hydrogen-bond donors (Lipinski definition) is 3. The number of nitrogens with one attached hydrogen (secondary N) is 2. The maximum absolute atomic E-state index is 12.0. The molecule has 21 heavy (non-hydrogen) atoms. The molecule has 1 aromatic rings. The molecule has 5 nitrogen and oxygen atoms in total. The predicted octanol–water partition coefficient (Wildman–Crippen LogP) is 2.83. The zero-order valence-electron chi connectivity index (χ0n) is 12.8. The molecule has 0 bridgehead atoms. The molecule has 0 radical (unpaired) electrons. The van der Waals surface area contributed by atoms with Crippen LogP contribution in [0.15, 0.2) is 22.8 Å². The third-order valence-corrected chi connectivity index (χ3v) is 4.32. The molecule has 1 aliphatic rings. The van der Waals surface area contributed by atoms with E-state index in [1.54, 1.807) is 12.1 Å². The molecule has 1 saturated carbocycles. The fourth-order valence-electron chi connectivity index (χ4n) is 3.13. The normalized spacial score (nSPS) is 23.8. The molecular weight excluding hydrogens is 268 g/mol. The Balaban J connectivity index is 1.78. The van der Waals surface area contributed by atoms with E-state index in [0.29, 0.717) is 17.6 Å². The molecule has 0 spiro atoms. The van der Waals surface area contributed by atoms with Gasteiger partial charge in [-0.05, 0) is 36.8 Å². The van der Waals surface area contributed by atoms with Gasteiger partial charge in [0, 0.05) is 6.04 Å². The summed E-state index contributed by atoms with van der Waals surface area (Å²) in [6, 6.07) is 3.44. The van der Waals surface area contributed by atoms with Crippen molar-refractivity contribution in [3.63, 3.8) is 0 Å². The maximum Gasteiger partial charge on any atom is 0.315 e. The Morgan fingerprint density at radius 1 is 1.43 bits per heavy atom. The van der Waals surface area contributed by atoms with E-state index in [-0.39, 0.29) is 18.6 Å². The average molecular weight is 294 g/mol. The van der Waals surface area contributed by atoms with Crippen molar-refractivity contribution in [2.75, 3.05) is 6.54 Å². The van der Waals surface area contributed by atoms with E-state index < -0.39 is 6.10 Å². The molecule has 3 unspecified atom stereocenters. The summed E-state index contributed by atoms with van der Waals surface area (Å²) in [6.07, 6.45) is 5.34. The number of aliphatic hydroxyl groups excluding tert-OH is 1. The van der Waals surface area contributed by atoms with Crippen LogP contribution in [0.5, 0.6) is 0 Å². The second-order valence-corrected chi connectivity index (χ2v) is 6.18. The predicted molar refractivity (Wildman–Crippen MR) is 80.8 cm³/mol. The van der Waals surface area contributed by atoms with Crippen LogP contribution in [-0.2, 0) is 0 Å². The van der Waals surface area contributed by atoms with Gasteiger partial charge in [-0.1, -0.05) is 26.7 Å². The number of aliphatic hydroxyl groups is 1. The van der Waals surface area contributed by atoms with Gasteiger partial charge < -0.3 is 20.2 Å². The van der Waals surface area contributed by atoms with Gasteiger partial charge in [-0.2, -0.15) is 0 Å². The Morgan fingerprint density at radius 3 is 2.86 bits per heavy atom. The van der Waals surface area contributed by atoms with Crippen molar-refractivity contribution >= 4 is 6.03 Å². The number of carbonyl (C=O) groups excluding carboxylic acids is 1. The number of hydrogen-bond acceptors (Lipinski definition) is 3. The molecular formula is C16H26N2O3. The van der Waals surface area contributed by atoms with E-state index in [4.69, 9.17) is 4.42 Å². The van der Waals surface area contributed by atoms with Crippen molar-refractivity contribution in [1.29, 1.82) is 0 Å². The monoisotopic (exact) mass is 294 g/mol. The second kappa shape index (κ2) is 7.50. The van der Waals surface area contributed by atoms with Crippen molar-refractivity contribution in [1.82, 2.24) is 10.6 Å². The first-order valence-corrected chi connectivity index (χ1v) is 7.83. The third-order valence-electron chi connectivity index (χ3n) is 4.32. The number of carbonyl (C=O) groups is 1. The van der Waals surface area contributed by atoms with Crippen molar-refractivity contribution < 1.29 is 14.3 Å². The summed E-state index contributed by atoms with van der Waals surface area (Å²) in [5, 5.41) is 15.6. The fraction of sp³-hybridized carbons (Fsp3) is 0.688. The highest BCUT2D eigenvalue weighted by molar-refractivity contribution is 5.74. The summed E-state index contributed by atoms with van der Waals surface area (Å²) in [6.45, 7) is 4.57. The van der Waals surface area contributed by atoms with Crippen LogP contribution in [0.1, 0.15) is 51.4 Å². The number of urea groups is 1. The van der Waals surface area contributed by atoms with Crippen molar-refractivity contribution in [3.05, 3.63) is 24.2 Å². The molecule has 3 atom stereocenters. The molecule has 1 heterocycles. The van der Waals surface area contributed by atoms with Gasteiger partial charge in [-0.3, -0.25) is 0 Å². The van der Waals surface area contributed by atoms with Crippen LogP contribution >= 0.6 is 0 Å². The van der Waals surface area contributed by atoms with Crippen LogP contribution in [0.25, 0.3) is 0 Å². The highest BCUT2D eigenvalue weighted by atomic mass is 16.4. The number of rotatable bonds is 5. The maximum atomic E-state index is 12.0. The summed E-state index contributed by atoms with van der Waals surface area (Å²) in [5.41, 5.74) is 0. The quantitative estimate of drug-likeness (QED) is 0.781. The zero-order chi connectivity index (χ0) is 15.2. The van der Waals surface area contributed by atoms with Gasteiger partial charge in [-0.25, -0.2) is 4.79 Å². The van der Waals surface area contributed by atoms with Crippen LogP contribution in [0.2, 0.25) is 0 Å². The third kappa shape index (κ3) is 4.49. The van der Waals surface area contributed by atoms with Gasteiger partial charge in [0.15, 0.2) is 0 Å². The van der Waals surface area contributed by atoms with Gasteiger partial charge in [0.2, 0.25) is 0 Å². The Bertz CT molecular complexity index is 431. The number of amides is 2. The minimum atomic E-state index is -0.807. The smallest absolute Gasteiger partial charge is 0.315 e. The fourth-order valence-corrected chi connectivity index (χ4v) is 3.13. The molecule has 0 aromatic carbocycles. The highest BCUT2D eigenvalue weighted by Crippen LogP contribution is 2.30. The van der Waals surface area contributed by atoms with Gasteiger partial charge in [0.25, 0.3) is 0 Å². The topological polar surface area (TPSA) is 74.5 Å². The van der Waals surface area contributed by atoms with Gasteiger partial charge >= 0.3 is 6.03 Å². The van der Waals surface area contributed by atoms with Gasteiger partial charge in [-0.15, -0.1) is 0 Å². The largest absolute Gasteiger partial charge is 0.467 e. The van der Waals surface area contributed by atoms with Crippen molar-refractivity contribution in [2.24, 2.45) is 11.8 Å². The molecule has 2 amide bonds. The zero-order valence-corrected chi connectivity index (χ0v) is 12.8. The standard InChI is InChI=1S/C16H26N2O3/c1-11(2)12-6-3-4-7-13(12)18-16(20)17-10-14(19)15-8-5-9-21-15/h5,8-9,11-14,19H,3-4,6-7,10H2,1-2H3,(H2,17,18,20). The average Bonchev–Trinajstić information content (AvgIpc) is 2.99. The molecule has 5 heteroatoms. The molecule has 3 N–H and O–H groups in total. The lowest BCUT2D eigenvalue weighted by molar-refractivity contribution is 0.145. The SMILES string of the molecule is CC(C)C1CCCCC1NC(=O)NCC(O)c1ccco1. The Morgan fingerprint density at radius 2 is 2.19 bits per heavy atom. The van der Waals surface area contributed by atoms with Crippen molar-refractivity contribution in [3.8, 4) is 0 Å². The minimum Gasteiger partial charge on any atom is -0.467 e. The van der Waals surface area contributed by atoms with Crippen molar-refractivity contribution in [2.45, 2.75) is 51.7 Å². The molecule has 118 valence electrons. The Hall–Kier alpha value is -1.49. The Kier molecular flexibility index (Phi) is 5.67. The summed E-state index contributed by atoms with van der Waals surface area (Å²) < 4.78 is 5.10. The van der Waals surface area contributed by atoms with E-state index >= 15 is 0 Å². The highest BCUT2D eigenvalue weighted by Gasteiger charge is 2.28. The Labute approximate surface area is 126 Å². The van der Waals surface area contributed by atoms with Crippen LogP contribution in [0.4, 0.5) is 4.79 Å². The van der Waals surface area contributed by atoms with E-state index in [1.165, 1.54) is 25.5 Å². The first kappa shape index (κ1) is 15.9. The summed E-state index contributed by atoms with van der Waals surface area (Å²) in [5.74, 6) is 1.58. The molecule has 1 fully saturated rings. The minimum absolute atomic E-state index is 0.151. The first-order chi connectivity index (χ1) is 10.1. The summed E-state index contributed by atoms with van der Waals surface area (Å²) in [7, 11) is 0. The van der Waals surface area contributed by atoms with Crippen LogP contribution in [0, 0.1) is 11.8 Å². The van der Waals surface area contributed by atoms with E-state index in [9.17, 15) is 9.90 Å². The van der Waals surface area contributed by atoms with Gasteiger partial charge in [0.05, 0.1) is 12.8 Å². The summed E-state index contributed by atoms with van der Waals surface area (Å²) in [4.78, 5) is 12.0. The lowest BCUT2D eigenvalue weighted by Gasteiger charge is -2.34. The van der Waals surface area contributed by atoms with E-state index in [0.717, 1.165) is 6.42 Å². The number of furan rings is 1. The van der Waals surface area contributed by atoms with Crippen LogP contribution in [0.3, 0.4) is 0 Å². The molecule has 0 aliphatic heterocycles. The van der Waals surface area contributed by atoms with E-state index in [1.807, 2.05) is 0 Å². The van der Waals surface area contributed by atoms with E-state index in [2.05, 4.69) is 24.5 Å². The summed E-state index contributed by atoms with van der Waals surface area (Å²) >= 11 is 0.